The smallest absolute Gasteiger partial charge is 0.309 e. The third-order valence-electron chi connectivity index (χ3n) is 4.18. The molecule has 0 spiro atoms. The van der Waals surface area contributed by atoms with Crippen LogP contribution in [0.25, 0.3) is 0 Å². The van der Waals surface area contributed by atoms with Gasteiger partial charge in [0.1, 0.15) is 12.0 Å². The fourth-order valence-corrected chi connectivity index (χ4v) is 4.41. The number of ether oxygens (including phenoxy) is 2. The Balaban J connectivity index is 2.13. The van der Waals surface area contributed by atoms with Gasteiger partial charge in [0.05, 0.1) is 25.2 Å². The summed E-state index contributed by atoms with van der Waals surface area (Å²) in [7, 11) is -2.34. The van der Waals surface area contributed by atoms with Crippen LogP contribution in [0.3, 0.4) is 0 Å². The molecule has 1 aromatic carbocycles. The topological polar surface area (TPSA) is 114 Å². The third-order valence-corrected chi connectivity index (χ3v) is 6.06. The van der Waals surface area contributed by atoms with E-state index in [4.69, 9.17) is 9.47 Å². The van der Waals surface area contributed by atoms with Crippen LogP contribution in [0.4, 0.5) is 0 Å². The molecule has 0 saturated carbocycles. The van der Waals surface area contributed by atoms with Gasteiger partial charge < -0.3 is 20.1 Å². The average molecular weight is 411 g/mol. The van der Waals surface area contributed by atoms with Crippen molar-refractivity contribution in [1.82, 2.24) is 14.9 Å². The van der Waals surface area contributed by atoms with E-state index < -0.39 is 28.1 Å². The number of sulfonamides is 1. The second-order valence-corrected chi connectivity index (χ2v) is 8.03. The minimum atomic E-state index is -3.85. The van der Waals surface area contributed by atoms with E-state index in [1.807, 2.05) is 0 Å². The summed E-state index contributed by atoms with van der Waals surface area (Å²) in [6.45, 7) is 5.82. The number of methoxy groups -OCH3 is 1. The summed E-state index contributed by atoms with van der Waals surface area (Å²) in [6.07, 6.45) is 1.07. The maximum absolute atomic E-state index is 13.1. The molecule has 1 saturated heterocycles. The Morgan fingerprint density at radius 1 is 1.36 bits per heavy atom. The van der Waals surface area contributed by atoms with Crippen LogP contribution in [-0.2, 0) is 24.3 Å². The molecule has 0 radical (unpaired) electrons. The van der Waals surface area contributed by atoms with E-state index in [0.29, 0.717) is 24.3 Å². The Morgan fingerprint density at radius 2 is 2.07 bits per heavy atom. The second-order valence-electron chi connectivity index (χ2n) is 6.13. The molecule has 9 nitrogen and oxygen atoms in total. The predicted octanol–water partition coefficient (Wildman–Crippen LogP) is 0.159. The lowest BCUT2D eigenvalue weighted by Crippen LogP contribution is -2.53. The lowest BCUT2D eigenvalue weighted by Gasteiger charge is -2.34. The van der Waals surface area contributed by atoms with Crippen LogP contribution in [0.5, 0.6) is 5.75 Å². The summed E-state index contributed by atoms with van der Waals surface area (Å²) >= 11 is 0. The van der Waals surface area contributed by atoms with Gasteiger partial charge in [-0.2, -0.15) is 4.31 Å². The number of aryl methyl sites for hydroxylation is 1. The molecule has 1 unspecified atom stereocenters. The molecule has 1 atom stereocenters. The monoisotopic (exact) mass is 411 g/mol. The number of nitrogens with zero attached hydrogens (tertiary/aromatic N) is 1. The minimum absolute atomic E-state index is 0.108. The van der Waals surface area contributed by atoms with Crippen molar-refractivity contribution >= 4 is 21.8 Å². The van der Waals surface area contributed by atoms with Crippen LogP contribution in [0.2, 0.25) is 0 Å². The highest BCUT2D eigenvalue weighted by Crippen LogP contribution is 2.26. The molecule has 0 bridgehead atoms. The Morgan fingerprint density at radius 3 is 2.71 bits per heavy atom. The summed E-state index contributed by atoms with van der Waals surface area (Å²) < 4.78 is 38.1. The molecule has 2 amide bonds. The van der Waals surface area contributed by atoms with Crippen molar-refractivity contribution in [2.75, 3.05) is 33.4 Å². The summed E-state index contributed by atoms with van der Waals surface area (Å²) in [5.41, 5.74) is 0.685. The Bertz CT molecular complexity index is 840. The summed E-state index contributed by atoms with van der Waals surface area (Å²) in [6, 6.07) is 4.59. The Kier molecular flexibility index (Phi) is 7.55. The first-order valence-corrected chi connectivity index (χ1v) is 10.2. The van der Waals surface area contributed by atoms with Crippen LogP contribution in [0.1, 0.15) is 12.0 Å². The molecule has 2 N–H and O–H groups in total. The number of nitrogens with one attached hydrogen (secondary N) is 2. The first kappa shape index (κ1) is 21.9. The molecular weight excluding hydrogens is 386 g/mol. The lowest BCUT2D eigenvalue weighted by atomic mass is 10.2. The highest BCUT2D eigenvalue weighted by Gasteiger charge is 2.35. The number of hydrogen-bond acceptors (Lipinski definition) is 6. The van der Waals surface area contributed by atoms with E-state index in [0.717, 1.165) is 0 Å². The number of carbonyl (C=O) groups excluding carboxylic acids is 2. The number of carbonyl (C=O) groups is 2. The predicted molar refractivity (Wildman–Crippen MR) is 102 cm³/mol. The van der Waals surface area contributed by atoms with Gasteiger partial charge in [0.25, 0.3) is 0 Å². The van der Waals surface area contributed by atoms with E-state index in [-0.39, 0.29) is 24.5 Å². The summed E-state index contributed by atoms with van der Waals surface area (Å²) in [5, 5.41) is 4.76. The van der Waals surface area contributed by atoms with E-state index >= 15 is 0 Å². The molecule has 1 fully saturated rings. The summed E-state index contributed by atoms with van der Waals surface area (Å²) in [4.78, 5) is 23.6. The highest BCUT2D eigenvalue weighted by molar-refractivity contribution is 7.89. The van der Waals surface area contributed by atoms with Gasteiger partial charge in [0.15, 0.2) is 0 Å². The van der Waals surface area contributed by atoms with E-state index in [1.54, 1.807) is 13.0 Å². The third kappa shape index (κ3) is 5.09. The van der Waals surface area contributed by atoms with Crippen LogP contribution < -0.4 is 15.4 Å². The van der Waals surface area contributed by atoms with E-state index in [2.05, 4.69) is 17.2 Å². The lowest BCUT2D eigenvalue weighted by molar-refractivity contribution is -0.140. The SMILES string of the molecule is C=CCNC(=O)C(=O)NCC1OCCCN1S(=O)(=O)c1ccc(OC)c(C)c1. The molecule has 1 aliphatic rings. The van der Waals surface area contributed by atoms with Crippen molar-refractivity contribution in [2.45, 2.75) is 24.5 Å². The van der Waals surface area contributed by atoms with Crippen molar-refractivity contribution in [2.24, 2.45) is 0 Å². The number of rotatable bonds is 7. The van der Waals surface area contributed by atoms with Gasteiger partial charge in [-0.15, -0.1) is 6.58 Å². The molecule has 154 valence electrons. The van der Waals surface area contributed by atoms with Gasteiger partial charge in [-0.25, -0.2) is 8.42 Å². The number of benzene rings is 1. The zero-order valence-electron chi connectivity index (χ0n) is 15.9. The molecular formula is C18H25N3O6S. The molecule has 1 aromatic rings. The first-order chi connectivity index (χ1) is 13.3. The van der Waals surface area contributed by atoms with Gasteiger partial charge in [-0.3, -0.25) is 9.59 Å². The van der Waals surface area contributed by atoms with Crippen molar-refractivity contribution in [3.8, 4) is 5.75 Å². The molecule has 1 aliphatic heterocycles. The van der Waals surface area contributed by atoms with Crippen LogP contribution >= 0.6 is 0 Å². The van der Waals surface area contributed by atoms with Gasteiger partial charge in [-0.05, 0) is 37.1 Å². The van der Waals surface area contributed by atoms with E-state index in [1.165, 1.54) is 29.6 Å². The van der Waals surface area contributed by atoms with Gasteiger partial charge in [0, 0.05) is 13.1 Å². The average Bonchev–Trinajstić information content (AvgIpc) is 2.70. The Hall–Kier alpha value is -2.43. The highest BCUT2D eigenvalue weighted by atomic mass is 32.2. The molecule has 2 rings (SSSR count). The molecule has 28 heavy (non-hydrogen) atoms. The zero-order valence-corrected chi connectivity index (χ0v) is 16.8. The van der Waals surface area contributed by atoms with Gasteiger partial charge >= 0.3 is 11.8 Å². The minimum Gasteiger partial charge on any atom is -0.496 e. The molecule has 0 aliphatic carbocycles. The van der Waals surface area contributed by atoms with Crippen LogP contribution in [-0.4, -0.2) is 64.1 Å². The quantitative estimate of drug-likeness (QED) is 0.488. The van der Waals surface area contributed by atoms with Gasteiger partial charge in [0.2, 0.25) is 10.0 Å². The maximum Gasteiger partial charge on any atom is 0.309 e. The first-order valence-electron chi connectivity index (χ1n) is 8.76. The fraction of sp³-hybridized carbons (Fsp3) is 0.444. The van der Waals surface area contributed by atoms with Crippen molar-refractivity contribution in [3.05, 3.63) is 36.4 Å². The largest absolute Gasteiger partial charge is 0.496 e. The molecule has 0 aromatic heterocycles. The summed E-state index contributed by atoms with van der Waals surface area (Å²) in [5.74, 6) is -1.10. The molecule has 1 heterocycles. The van der Waals surface area contributed by atoms with Crippen LogP contribution in [0.15, 0.2) is 35.7 Å². The van der Waals surface area contributed by atoms with Crippen molar-refractivity contribution < 1.29 is 27.5 Å². The van der Waals surface area contributed by atoms with Crippen LogP contribution in [0, 0.1) is 6.92 Å². The maximum atomic E-state index is 13.1. The van der Waals surface area contributed by atoms with Crippen molar-refractivity contribution in [3.63, 3.8) is 0 Å². The van der Waals surface area contributed by atoms with Gasteiger partial charge in [-0.1, -0.05) is 6.08 Å². The van der Waals surface area contributed by atoms with E-state index in [9.17, 15) is 18.0 Å². The second kappa shape index (κ2) is 9.67. The number of hydrogen-bond donors (Lipinski definition) is 2. The Labute approximate surface area is 164 Å². The standard InChI is InChI=1S/C18H25N3O6S/c1-4-8-19-17(22)18(23)20-12-16-21(9-5-10-27-16)28(24,25)14-6-7-15(26-3)13(2)11-14/h4,6-7,11,16H,1,5,8-10,12H2,2-3H3,(H,19,22)(H,20,23). The fourth-order valence-electron chi connectivity index (χ4n) is 2.75. The zero-order chi connectivity index (χ0) is 20.7. The molecule has 10 heteroatoms. The number of amides is 2. The van der Waals surface area contributed by atoms with Crippen molar-refractivity contribution in [1.29, 1.82) is 0 Å². The normalized spacial score (nSPS) is 17.6.